The molecule has 1 rings (SSSR count). The summed E-state index contributed by atoms with van der Waals surface area (Å²) in [5.41, 5.74) is 0.761. The fourth-order valence-electron chi connectivity index (χ4n) is 0.783. The second kappa shape index (κ2) is 5.72. The summed E-state index contributed by atoms with van der Waals surface area (Å²) >= 11 is 9.03. The molecule has 0 aliphatic carbocycles. The highest BCUT2D eigenvalue weighted by atomic mass is 79.9. The summed E-state index contributed by atoms with van der Waals surface area (Å²) in [5, 5.41) is 12.3. The van der Waals surface area contributed by atoms with Crippen molar-refractivity contribution in [3.8, 4) is 0 Å². The van der Waals surface area contributed by atoms with E-state index in [9.17, 15) is 4.79 Å². The number of carbonyl (C=O) groups is 1. The molecule has 15 heavy (non-hydrogen) atoms. The number of benzene rings is 1. The minimum Gasteiger partial charge on any atom is -0.479 e. The highest BCUT2D eigenvalue weighted by Gasteiger charge is 1.97. The molecule has 0 saturated carbocycles. The molecule has 1 aromatic carbocycles. The maximum atomic E-state index is 10.1. The molecule has 0 bridgehead atoms. The first-order chi connectivity index (χ1) is 7.09. The van der Waals surface area contributed by atoms with Crippen molar-refractivity contribution >= 4 is 39.7 Å². The monoisotopic (exact) mass is 291 g/mol. The van der Waals surface area contributed by atoms with Crippen LogP contribution >= 0.6 is 27.5 Å². The molecule has 0 fully saturated rings. The lowest BCUT2D eigenvalue weighted by atomic mass is 10.2. The predicted molar refractivity (Wildman–Crippen MR) is 60.3 cm³/mol. The number of aliphatic carboxylic acids is 1. The molecule has 0 amide bonds. The third kappa shape index (κ3) is 4.31. The van der Waals surface area contributed by atoms with Gasteiger partial charge in [-0.3, -0.25) is 0 Å². The predicted octanol–water partition coefficient (Wildman–Crippen LogP) is 2.54. The van der Waals surface area contributed by atoms with Crippen molar-refractivity contribution in [2.75, 3.05) is 6.61 Å². The molecule has 0 heterocycles. The van der Waals surface area contributed by atoms with Gasteiger partial charge in [-0.15, -0.1) is 0 Å². The Kier molecular flexibility index (Phi) is 4.58. The summed E-state index contributed by atoms with van der Waals surface area (Å²) in [7, 11) is 0. The van der Waals surface area contributed by atoms with Crippen molar-refractivity contribution < 1.29 is 14.7 Å². The largest absolute Gasteiger partial charge is 0.479 e. The summed E-state index contributed by atoms with van der Waals surface area (Å²) < 4.78 is 0.742. The van der Waals surface area contributed by atoms with Crippen molar-refractivity contribution in [2.24, 2.45) is 5.16 Å². The molecule has 1 N–H and O–H groups in total. The number of carboxylic acid groups (broad SMARTS) is 1. The maximum Gasteiger partial charge on any atom is 0.344 e. The van der Waals surface area contributed by atoms with Crippen LogP contribution < -0.4 is 0 Å². The molecule has 6 heteroatoms. The molecule has 0 aliphatic rings. The van der Waals surface area contributed by atoms with Gasteiger partial charge < -0.3 is 9.94 Å². The second-order valence-corrected chi connectivity index (χ2v) is 3.84. The Hall–Kier alpha value is -1.07. The Morgan fingerprint density at radius 2 is 2.40 bits per heavy atom. The Morgan fingerprint density at radius 3 is 3.00 bits per heavy atom. The van der Waals surface area contributed by atoms with E-state index in [1.807, 2.05) is 0 Å². The van der Waals surface area contributed by atoms with E-state index in [0.29, 0.717) is 5.02 Å². The van der Waals surface area contributed by atoms with Gasteiger partial charge in [0.15, 0.2) is 0 Å². The first kappa shape index (κ1) is 12.0. The van der Waals surface area contributed by atoms with Crippen molar-refractivity contribution in [3.63, 3.8) is 0 Å². The van der Waals surface area contributed by atoms with E-state index in [2.05, 4.69) is 25.9 Å². The summed E-state index contributed by atoms with van der Waals surface area (Å²) in [6.45, 7) is -0.453. The molecule has 0 aliphatic heterocycles. The lowest BCUT2D eigenvalue weighted by Crippen LogP contribution is -2.03. The van der Waals surface area contributed by atoms with E-state index < -0.39 is 12.6 Å². The fraction of sp³-hybridized carbons (Fsp3) is 0.111. The number of oxime groups is 1. The van der Waals surface area contributed by atoms with Crippen molar-refractivity contribution in [3.05, 3.63) is 33.3 Å². The van der Waals surface area contributed by atoms with Crippen molar-refractivity contribution in [1.82, 2.24) is 0 Å². The van der Waals surface area contributed by atoms with Gasteiger partial charge in [-0.1, -0.05) is 22.8 Å². The SMILES string of the molecule is O=C(O)CO/N=C/c1ccc(Cl)c(Br)c1. The van der Waals surface area contributed by atoms with Gasteiger partial charge in [0.25, 0.3) is 0 Å². The number of hydrogen-bond donors (Lipinski definition) is 1. The quantitative estimate of drug-likeness (QED) is 0.685. The Bertz CT molecular complexity index is 395. The highest BCUT2D eigenvalue weighted by Crippen LogP contribution is 2.22. The zero-order valence-electron chi connectivity index (χ0n) is 7.48. The average molecular weight is 293 g/mol. The molecule has 0 unspecified atom stereocenters. The number of nitrogens with zero attached hydrogens (tertiary/aromatic N) is 1. The van der Waals surface area contributed by atoms with E-state index in [0.717, 1.165) is 10.0 Å². The molecule has 80 valence electrons. The third-order valence-electron chi connectivity index (χ3n) is 1.41. The summed E-state index contributed by atoms with van der Waals surface area (Å²) in [5.74, 6) is -1.07. The van der Waals surface area contributed by atoms with Crippen LogP contribution in [0.5, 0.6) is 0 Å². The highest BCUT2D eigenvalue weighted by molar-refractivity contribution is 9.10. The van der Waals surface area contributed by atoms with Crippen molar-refractivity contribution in [2.45, 2.75) is 0 Å². The maximum absolute atomic E-state index is 10.1. The first-order valence-corrected chi connectivity index (χ1v) is 5.09. The Morgan fingerprint density at radius 1 is 1.67 bits per heavy atom. The van der Waals surface area contributed by atoms with Gasteiger partial charge >= 0.3 is 5.97 Å². The van der Waals surface area contributed by atoms with Crippen LogP contribution in [0.1, 0.15) is 5.56 Å². The van der Waals surface area contributed by atoms with Gasteiger partial charge in [-0.25, -0.2) is 4.79 Å². The fourth-order valence-corrected chi connectivity index (χ4v) is 1.30. The molecular formula is C9H7BrClNO3. The summed E-state index contributed by atoms with van der Waals surface area (Å²) in [4.78, 5) is 14.6. The standard InChI is InChI=1S/C9H7BrClNO3/c10-7-3-6(1-2-8(7)11)4-12-15-5-9(13)14/h1-4H,5H2,(H,13,14)/b12-4+. The normalized spacial score (nSPS) is 10.5. The first-order valence-electron chi connectivity index (χ1n) is 3.92. The summed E-state index contributed by atoms with van der Waals surface area (Å²) in [6.07, 6.45) is 1.41. The lowest BCUT2D eigenvalue weighted by Gasteiger charge is -1.97. The molecule has 0 saturated heterocycles. The zero-order valence-corrected chi connectivity index (χ0v) is 9.83. The van der Waals surface area contributed by atoms with E-state index in [4.69, 9.17) is 16.7 Å². The van der Waals surface area contributed by atoms with Crippen LogP contribution in [0, 0.1) is 0 Å². The minimum atomic E-state index is -1.07. The van der Waals surface area contributed by atoms with Crippen LogP contribution in [0.25, 0.3) is 0 Å². The Balaban J connectivity index is 2.57. The summed E-state index contributed by atoms with van der Waals surface area (Å²) in [6, 6.07) is 5.18. The number of halogens is 2. The lowest BCUT2D eigenvalue weighted by molar-refractivity contribution is -0.142. The van der Waals surface area contributed by atoms with E-state index >= 15 is 0 Å². The van der Waals surface area contributed by atoms with E-state index in [-0.39, 0.29) is 0 Å². The number of carboxylic acids is 1. The Labute approximate surface area is 99.6 Å². The number of rotatable bonds is 4. The van der Waals surface area contributed by atoms with Crippen LogP contribution in [0.15, 0.2) is 27.8 Å². The van der Waals surface area contributed by atoms with Gasteiger partial charge in [0.2, 0.25) is 6.61 Å². The van der Waals surface area contributed by atoms with Crippen LogP contribution in [0.4, 0.5) is 0 Å². The topological polar surface area (TPSA) is 58.9 Å². The average Bonchev–Trinajstić information content (AvgIpc) is 2.18. The van der Waals surface area contributed by atoms with Crippen molar-refractivity contribution in [1.29, 1.82) is 0 Å². The second-order valence-electron chi connectivity index (χ2n) is 2.58. The number of hydrogen-bond acceptors (Lipinski definition) is 3. The van der Waals surface area contributed by atoms with Gasteiger partial charge in [-0.05, 0) is 33.6 Å². The van der Waals surface area contributed by atoms with Gasteiger partial charge in [0.1, 0.15) is 0 Å². The van der Waals surface area contributed by atoms with Crippen LogP contribution in [0.3, 0.4) is 0 Å². The van der Waals surface area contributed by atoms with Crippen LogP contribution in [-0.2, 0) is 9.63 Å². The molecular weight excluding hydrogens is 285 g/mol. The molecule has 1 aromatic rings. The smallest absolute Gasteiger partial charge is 0.344 e. The minimum absolute atomic E-state index is 0.453. The van der Waals surface area contributed by atoms with Crippen LogP contribution in [-0.4, -0.2) is 23.9 Å². The van der Waals surface area contributed by atoms with Crippen LogP contribution in [0.2, 0.25) is 5.02 Å². The van der Waals surface area contributed by atoms with E-state index in [1.54, 1.807) is 18.2 Å². The molecule has 4 nitrogen and oxygen atoms in total. The van der Waals surface area contributed by atoms with Gasteiger partial charge in [-0.2, -0.15) is 0 Å². The van der Waals surface area contributed by atoms with E-state index in [1.165, 1.54) is 6.21 Å². The third-order valence-corrected chi connectivity index (χ3v) is 2.62. The van der Waals surface area contributed by atoms with Gasteiger partial charge in [0.05, 0.1) is 11.2 Å². The zero-order chi connectivity index (χ0) is 11.3. The van der Waals surface area contributed by atoms with Gasteiger partial charge in [0, 0.05) is 4.47 Å². The molecule has 0 aromatic heterocycles. The molecule has 0 spiro atoms. The molecule has 0 radical (unpaired) electrons. The molecule has 0 atom stereocenters.